The molecule has 3 rings (SSSR count). The number of anilines is 3. The number of rotatable bonds is 8. The molecule has 0 saturated heterocycles. The average molecular weight is 400 g/mol. The van der Waals surface area contributed by atoms with Gasteiger partial charge in [0.05, 0.1) is 5.69 Å². The fourth-order valence-electron chi connectivity index (χ4n) is 2.67. The highest BCUT2D eigenvalue weighted by Gasteiger charge is 2.08. The van der Waals surface area contributed by atoms with Crippen LogP contribution in [0.2, 0.25) is 5.02 Å². The molecule has 0 aliphatic rings. The smallest absolute Gasteiger partial charge is 0.224 e. The van der Waals surface area contributed by atoms with Crippen molar-refractivity contribution >= 4 is 45.4 Å². The summed E-state index contributed by atoms with van der Waals surface area (Å²) >= 11 is 7.55. The Labute approximate surface area is 168 Å². The highest BCUT2D eigenvalue weighted by atomic mass is 35.5. The van der Waals surface area contributed by atoms with Crippen LogP contribution in [0, 0.1) is 0 Å². The number of carbonyl (C=O) groups excluding carboxylic acids is 1. The molecule has 27 heavy (non-hydrogen) atoms. The SMILES string of the molecule is CCCCCC(=O)Nc1cccc(-c2csc(Nc3cccc(Cl)c3)n2)c1. The van der Waals surface area contributed by atoms with Crippen LogP contribution >= 0.6 is 22.9 Å². The molecule has 0 aliphatic heterocycles. The first kappa shape index (κ1) is 19.4. The Morgan fingerprint density at radius 1 is 1.11 bits per heavy atom. The molecule has 1 aromatic heterocycles. The molecule has 140 valence electrons. The molecule has 6 heteroatoms. The lowest BCUT2D eigenvalue weighted by atomic mass is 10.1. The lowest BCUT2D eigenvalue weighted by Gasteiger charge is -2.06. The van der Waals surface area contributed by atoms with Crippen molar-refractivity contribution in [2.24, 2.45) is 0 Å². The van der Waals surface area contributed by atoms with E-state index in [9.17, 15) is 4.79 Å². The van der Waals surface area contributed by atoms with Crippen LogP contribution in [0.5, 0.6) is 0 Å². The number of amides is 1. The second-order valence-corrected chi connectivity index (χ2v) is 7.55. The van der Waals surface area contributed by atoms with Crippen LogP contribution in [0.1, 0.15) is 32.6 Å². The Morgan fingerprint density at radius 3 is 2.74 bits per heavy atom. The molecule has 0 atom stereocenters. The van der Waals surface area contributed by atoms with Gasteiger partial charge in [0.15, 0.2) is 5.13 Å². The Hall–Kier alpha value is -2.37. The lowest BCUT2D eigenvalue weighted by molar-refractivity contribution is -0.116. The van der Waals surface area contributed by atoms with E-state index >= 15 is 0 Å². The zero-order valence-electron chi connectivity index (χ0n) is 15.2. The number of hydrogen-bond donors (Lipinski definition) is 2. The summed E-state index contributed by atoms with van der Waals surface area (Å²) in [6.07, 6.45) is 3.67. The fraction of sp³-hybridized carbons (Fsp3) is 0.238. The summed E-state index contributed by atoms with van der Waals surface area (Å²) in [5, 5.41) is 9.70. The van der Waals surface area contributed by atoms with Gasteiger partial charge in [0.1, 0.15) is 0 Å². The van der Waals surface area contributed by atoms with Gasteiger partial charge < -0.3 is 10.6 Å². The van der Waals surface area contributed by atoms with Gasteiger partial charge in [-0.25, -0.2) is 4.98 Å². The highest BCUT2D eigenvalue weighted by molar-refractivity contribution is 7.14. The van der Waals surface area contributed by atoms with Crippen LogP contribution in [0.15, 0.2) is 53.9 Å². The van der Waals surface area contributed by atoms with E-state index in [1.54, 1.807) is 0 Å². The second-order valence-electron chi connectivity index (χ2n) is 6.26. The van der Waals surface area contributed by atoms with Gasteiger partial charge in [-0.1, -0.05) is 49.6 Å². The summed E-state index contributed by atoms with van der Waals surface area (Å²) in [7, 11) is 0. The molecule has 0 fully saturated rings. The predicted octanol–water partition coefficient (Wildman–Crippen LogP) is 6.73. The maximum Gasteiger partial charge on any atom is 0.224 e. The van der Waals surface area contributed by atoms with E-state index < -0.39 is 0 Å². The van der Waals surface area contributed by atoms with Gasteiger partial charge in [0, 0.05) is 33.8 Å². The summed E-state index contributed by atoms with van der Waals surface area (Å²) in [4.78, 5) is 16.7. The molecular formula is C21H22ClN3OS. The minimum absolute atomic E-state index is 0.0576. The molecule has 0 spiro atoms. The van der Waals surface area contributed by atoms with Gasteiger partial charge in [-0.2, -0.15) is 0 Å². The maximum atomic E-state index is 12.0. The first-order valence-corrected chi connectivity index (χ1v) is 10.3. The number of halogens is 1. The molecule has 1 amide bonds. The highest BCUT2D eigenvalue weighted by Crippen LogP contribution is 2.29. The Kier molecular flexibility index (Phi) is 6.85. The number of nitrogens with one attached hydrogen (secondary N) is 2. The van der Waals surface area contributed by atoms with Crippen molar-refractivity contribution in [2.75, 3.05) is 10.6 Å². The summed E-state index contributed by atoms with van der Waals surface area (Å²) in [6.45, 7) is 2.13. The van der Waals surface area contributed by atoms with Crippen molar-refractivity contribution in [3.05, 3.63) is 58.9 Å². The Bertz CT molecular complexity index is 910. The molecule has 2 N–H and O–H groups in total. The van der Waals surface area contributed by atoms with Gasteiger partial charge in [0.2, 0.25) is 5.91 Å². The van der Waals surface area contributed by atoms with Crippen LogP contribution in [-0.4, -0.2) is 10.9 Å². The zero-order chi connectivity index (χ0) is 19.1. The number of thiazole rings is 1. The molecule has 4 nitrogen and oxygen atoms in total. The van der Waals surface area contributed by atoms with E-state index in [2.05, 4.69) is 22.5 Å². The monoisotopic (exact) mass is 399 g/mol. The summed E-state index contributed by atoms with van der Waals surface area (Å²) in [5.74, 6) is 0.0576. The third-order valence-corrected chi connectivity index (χ3v) is 5.02. The van der Waals surface area contributed by atoms with Crippen molar-refractivity contribution in [1.82, 2.24) is 4.98 Å². The summed E-state index contributed by atoms with van der Waals surface area (Å²) < 4.78 is 0. The third kappa shape index (κ3) is 5.81. The van der Waals surface area contributed by atoms with Crippen molar-refractivity contribution < 1.29 is 4.79 Å². The van der Waals surface area contributed by atoms with E-state index in [-0.39, 0.29) is 5.91 Å². The predicted molar refractivity (Wildman–Crippen MR) is 115 cm³/mol. The van der Waals surface area contributed by atoms with Crippen LogP contribution in [0.3, 0.4) is 0 Å². The molecule has 2 aromatic carbocycles. The van der Waals surface area contributed by atoms with E-state index in [4.69, 9.17) is 11.6 Å². The average Bonchev–Trinajstić information content (AvgIpc) is 3.11. The van der Waals surface area contributed by atoms with Crippen molar-refractivity contribution in [3.63, 3.8) is 0 Å². The van der Waals surface area contributed by atoms with Gasteiger partial charge in [-0.15, -0.1) is 11.3 Å². The molecule has 0 aliphatic carbocycles. The molecular weight excluding hydrogens is 378 g/mol. The molecule has 0 bridgehead atoms. The van der Waals surface area contributed by atoms with Crippen LogP contribution < -0.4 is 10.6 Å². The summed E-state index contributed by atoms with van der Waals surface area (Å²) in [5.41, 5.74) is 3.53. The number of aromatic nitrogens is 1. The van der Waals surface area contributed by atoms with Gasteiger partial charge in [0.25, 0.3) is 0 Å². The fourth-order valence-corrected chi connectivity index (χ4v) is 3.60. The topological polar surface area (TPSA) is 54.0 Å². The standard InChI is InChI=1S/C21H22ClN3OS/c1-2-3-4-11-20(26)23-17-9-5-7-15(12-17)19-14-27-21(25-19)24-18-10-6-8-16(22)13-18/h5-10,12-14H,2-4,11H2,1H3,(H,23,26)(H,24,25). The third-order valence-electron chi connectivity index (χ3n) is 4.03. The molecule has 3 aromatic rings. The molecule has 0 saturated carbocycles. The van der Waals surface area contributed by atoms with Crippen LogP contribution in [-0.2, 0) is 4.79 Å². The van der Waals surface area contributed by atoms with E-state index in [0.717, 1.165) is 47.0 Å². The first-order valence-electron chi connectivity index (χ1n) is 9.02. The second kappa shape index (κ2) is 9.53. The Morgan fingerprint density at radius 2 is 1.93 bits per heavy atom. The minimum Gasteiger partial charge on any atom is -0.331 e. The van der Waals surface area contributed by atoms with Crippen LogP contribution in [0.25, 0.3) is 11.3 Å². The zero-order valence-corrected chi connectivity index (χ0v) is 16.7. The lowest BCUT2D eigenvalue weighted by Crippen LogP contribution is -2.10. The van der Waals surface area contributed by atoms with Crippen molar-refractivity contribution in [3.8, 4) is 11.3 Å². The minimum atomic E-state index is 0.0576. The number of hydrogen-bond acceptors (Lipinski definition) is 4. The number of carbonyl (C=O) groups is 1. The molecule has 1 heterocycles. The first-order chi connectivity index (χ1) is 13.1. The number of nitrogens with zero attached hydrogens (tertiary/aromatic N) is 1. The van der Waals surface area contributed by atoms with Gasteiger partial charge >= 0.3 is 0 Å². The van der Waals surface area contributed by atoms with Gasteiger partial charge in [-0.3, -0.25) is 4.79 Å². The maximum absolute atomic E-state index is 12.0. The number of unbranched alkanes of at least 4 members (excludes halogenated alkanes) is 2. The Balaban J connectivity index is 1.66. The molecule has 0 unspecified atom stereocenters. The quantitative estimate of drug-likeness (QED) is 0.413. The summed E-state index contributed by atoms with van der Waals surface area (Å²) in [6, 6.07) is 15.3. The number of benzene rings is 2. The van der Waals surface area contributed by atoms with E-state index in [1.807, 2.05) is 53.9 Å². The van der Waals surface area contributed by atoms with E-state index in [1.165, 1.54) is 11.3 Å². The van der Waals surface area contributed by atoms with Gasteiger partial charge in [-0.05, 0) is 36.8 Å². The molecule has 0 radical (unpaired) electrons. The van der Waals surface area contributed by atoms with Crippen molar-refractivity contribution in [1.29, 1.82) is 0 Å². The van der Waals surface area contributed by atoms with Crippen molar-refractivity contribution in [2.45, 2.75) is 32.6 Å². The van der Waals surface area contributed by atoms with E-state index in [0.29, 0.717) is 11.4 Å². The van der Waals surface area contributed by atoms with Crippen LogP contribution in [0.4, 0.5) is 16.5 Å². The normalized spacial score (nSPS) is 10.6. The largest absolute Gasteiger partial charge is 0.331 e.